The summed E-state index contributed by atoms with van der Waals surface area (Å²) in [6.07, 6.45) is 0. The first-order valence-electron chi connectivity index (χ1n) is 6.63. The molecule has 0 spiro atoms. The summed E-state index contributed by atoms with van der Waals surface area (Å²) >= 11 is 11.2. The van der Waals surface area contributed by atoms with E-state index >= 15 is 0 Å². The number of rotatable bonds is 4. The van der Waals surface area contributed by atoms with Gasteiger partial charge in [-0.1, -0.05) is 17.7 Å². The Hall–Kier alpha value is -1.85. The molecule has 0 aliphatic rings. The number of thiocarbonyl (C=S) groups is 1. The van der Waals surface area contributed by atoms with Crippen LogP contribution in [0.4, 0.5) is 10.1 Å². The number of hydrogen-bond donors (Lipinski definition) is 2. The number of benzene rings is 2. The van der Waals surface area contributed by atoms with E-state index in [1.807, 2.05) is 6.92 Å². The molecule has 6 heteroatoms. The number of methoxy groups -OCH3 is 1. The maximum absolute atomic E-state index is 13.3. The molecule has 0 amide bonds. The standard InChI is InChI=1S/C16H16ClFN2OS/c1-10-3-5-13(18)7-11(10)9-19-16(22)20-14-8-12(17)4-6-15(14)21-2/h3-8H,9H2,1-2H3,(H2,19,20,22). The number of nitrogens with one attached hydrogen (secondary N) is 2. The number of hydrogen-bond acceptors (Lipinski definition) is 2. The van der Waals surface area contributed by atoms with Gasteiger partial charge in [-0.15, -0.1) is 0 Å². The number of ether oxygens (including phenoxy) is 1. The molecule has 0 unspecified atom stereocenters. The molecule has 3 nitrogen and oxygen atoms in total. The van der Waals surface area contributed by atoms with Gasteiger partial charge in [0.05, 0.1) is 12.8 Å². The second-order valence-corrected chi connectivity index (χ2v) is 5.57. The molecule has 2 aromatic rings. The second kappa shape index (κ2) is 7.42. The zero-order chi connectivity index (χ0) is 16.1. The summed E-state index contributed by atoms with van der Waals surface area (Å²) in [6, 6.07) is 9.88. The largest absolute Gasteiger partial charge is 0.495 e. The zero-order valence-corrected chi connectivity index (χ0v) is 13.8. The second-order valence-electron chi connectivity index (χ2n) is 4.72. The van der Waals surface area contributed by atoms with E-state index in [1.54, 1.807) is 31.4 Å². The minimum atomic E-state index is -0.266. The van der Waals surface area contributed by atoms with Crippen molar-refractivity contribution >= 4 is 34.6 Å². The Labute approximate surface area is 139 Å². The highest BCUT2D eigenvalue weighted by molar-refractivity contribution is 7.80. The lowest BCUT2D eigenvalue weighted by atomic mass is 10.1. The van der Waals surface area contributed by atoms with Crippen molar-refractivity contribution in [3.05, 3.63) is 58.4 Å². The molecule has 2 aromatic carbocycles. The maximum atomic E-state index is 13.3. The van der Waals surface area contributed by atoms with Crippen LogP contribution in [0.2, 0.25) is 5.02 Å². The van der Waals surface area contributed by atoms with Gasteiger partial charge < -0.3 is 15.4 Å². The molecule has 0 bridgehead atoms. The van der Waals surface area contributed by atoms with Crippen LogP contribution < -0.4 is 15.4 Å². The van der Waals surface area contributed by atoms with E-state index in [9.17, 15) is 4.39 Å². The number of halogens is 2. The van der Waals surface area contributed by atoms with Crippen LogP contribution in [0, 0.1) is 12.7 Å². The lowest BCUT2D eigenvalue weighted by Gasteiger charge is -2.14. The first-order valence-corrected chi connectivity index (χ1v) is 7.41. The molecule has 22 heavy (non-hydrogen) atoms. The molecule has 0 saturated carbocycles. The molecule has 0 aliphatic carbocycles. The monoisotopic (exact) mass is 338 g/mol. The van der Waals surface area contributed by atoms with E-state index in [4.69, 9.17) is 28.6 Å². The summed E-state index contributed by atoms with van der Waals surface area (Å²) in [5.41, 5.74) is 2.52. The Bertz CT molecular complexity index is 694. The van der Waals surface area contributed by atoms with Crippen LogP contribution in [-0.4, -0.2) is 12.2 Å². The zero-order valence-electron chi connectivity index (χ0n) is 12.2. The molecular formula is C16H16ClFN2OS. The van der Waals surface area contributed by atoms with E-state index in [0.29, 0.717) is 28.1 Å². The fourth-order valence-electron chi connectivity index (χ4n) is 1.95. The van der Waals surface area contributed by atoms with Crippen molar-refractivity contribution in [2.75, 3.05) is 12.4 Å². The highest BCUT2D eigenvalue weighted by Gasteiger charge is 2.07. The van der Waals surface area contributed by atoms with Crippen molar-refractivity contribution in [1.82, 2.24) is 5.32 Å². The molecule has 0 saturated heterocycles. The van der Waals surface area contributed by atoms with Crippen molar-refractivity contribution in [3.63, 3.8) is 0 Å². The van der Waals surface area contributed by atoms with Crippen molar-refractivity contribution in [3.8, 4) is 5.75 Å². The third-order valence-corrected chi connectivity index (χ3v) is 3.64. The Kier molecular flexibility index (Phi) is 5.57. The lowest BCUT2D eigenvalue weighted by molar-refractivity contribution is 0.417. The molecule has 2 N–H and O–H groups in total. The van der Waals surface area contributed by atoms with E-state index in [2.05, 4.69) is 10.6 Å². The van der Waals surface area contributed by atoms with Crippen molar-refractivity contribution in [1.29, 1.82) is 0 Å². The predicted octanol–water partition coefficient (Wildman–Crippen LogP) is 4.28. The summed E-state index contributed by atoms with van der Waals surface area (Å²) in [5.74, 6) is 0.369. The third kappa shape index (κ3) is 4.32. The minimum absolute atomic E-state index is 0.266. The Morgan fingerprint density at radius 3 is 2.77 bits per heavy atom. The Morgan fingerprint density at radius 1 is 1.27 bits per heavy atom. The Morgan fingerprint density at radius 2 is 2.05 bits per heavy atom. The van der Waals surface area contributed by atoms with Gasteiger partial charge in [0.2, 0.25) is 0 Å². The maximum Gasteiger partial charge on any atom is 0.171 e. The van der Waals surface area contributed by atoms with Crippen molar-refractivity contribution < 1.29 is 9.13 Å². The van der Waals surface area contributed by atoms with Crippen molar-refractivity contribution in [2.24, 2.45) is 0 Å². The molecule has 2 rings (SSSR count). The highest BCUT2D eigenvalue weighted by Crippen LogP contribution is 2.27. The van der Waals surface area contributed by atoms with Gasteiger partial charge in [-0.25, -0.2) is 4.39 Å². The van der Waals surface area contributed by atoms with Crippen LogP contribution in [0.25, 0.3) is 0 Å². The van der Waals surface area contributed by atoms with Gasteiger partial charge in [-0.2, -0.15) is 0 Å². The number of anilines is 1. The Balaban J connectivity index is 2.01. The fourth-order valence-corrected chi connectivity index (χ4v) is 2.30. The fraction of sp³-hybridized carbons (Fsp3) is 0.188. The minimum Gasteiger partial charge on any atom is -0.495 e. The average Bonchev–Trinajstić information content (AvgIpc) is 2.48. The topological polar surface area (TPSA) is 33.3 Å². The van der Waals surface area contributed by atoms with Gasteiger partial charge in [0.1, 0.15) is 11.6 Å². The van der Waals surface area contributed by atoms with Crippen LogP contribution in [0.5, 0.6) is 5.75 Å². The molecule has 0 aromatic heterocycles. The molecular weight excluding hydrogens is 323 g/mol. The van der Waals surface area contributed by atoms with Crippen LogP contribution in [0.15, 0.2) is 36.4 Å². The molecule has 0 fully saturated rings. The van der Waals surface area contributed by atoms with Crippen molar-refractivity contribution in [2.45, 2.75) is 13.5 Å². The van der Waals surface area contributed by atoms with E-state index in [-0.39, 0.29) is 5.82 Å². The summed E-state index contributed by atoms with van der Waals surface area (Å²) in [7, 11) is 1.57. The molecule has 0 radical (unpaired) electrons. The van der Waals surface area contributed by atoms with E-state index in [1.165, 1.54) is 12.1 Å². The first-order chi connectivity index (χ1) is 10.5. The molecule has 116 valence electrons. The SMILES string of the molecule is COc1ccc(Cl)cc1NC(=S)NCc1cc(F)ccc1C. The van der Waals surface area contributed by atoms with Gasteiger partial charge in [0, 0.05) is 11.6 Å². The smallest absolute Gasteiger partial charge is 0.171 e. The average molecular weight is 339 g/mol. The first kappa shape index (κ1) is 16.5. The van der Waals surface area contributed by atoms with Gasteiger partial charge >= 0.3 is 0 Å². The van der Waals surface area contributed by atoms with E-state index < -0.39 is 0 Å². The lowest BCUT2D eigenvalue weighted by Crippen LogP contribution is -2.28. The summed E-state index contributed by atoms with van der Waals surface area (Å²) in [5, 5.41) is 7.05. The molecule has 0 heterocycles. The summed E-state index contributed by atoms with van der Waals surface area (Å²) in [4.78, 5) is 0. The van der Waals surface area contributed by atoms with Gasteiger partial charge in [0.15, 0.2) is 5.11 Å². The normalized spacial score (nSPS) is 10.2. The van der Waals surface area contributed by atoms with Gasteiger partial charge in [-0.05, 0) is 60.6 Å². The quantitative estimate of drug-likeness (QED) is 0.815. The summed E-state index contributed by atoms with van der Waals surface area (Å²) in [6.45, 7) is 2.35. The summed E-state index contributed by atoms with van der Waals surface area (Å²) < 4.78 is 18.5. The van der Waals surface area contributed by atoms with E-state index in [0.717, 1.165) is 11.1 Å². The highest BCUT2D eigenvalue weighted by atomic mass is 35.5. The van der Waals surface area contributed by atoms with Crippen LogP contribution >= 0.6 is 23.8 Å². The van der Waals surface area contributed by atoms with Crippen LogP contribution in [0.3, 0.4) is 0 Å². The van der Waals surface area contributed by atoms with Gasteiger partial charge in [0.25, 0.3) is 0 Å². The van der Waals surface area contributed by atoms with Crippen LogP contribution in [-0.2, 0) is 6.54 Å². The van der Waals surface area contributed by atoms with Crippen LogP contribution in [0.1, 0.15) is 11.1 Å². The van der Waals surface area contributed by atoms with Gasteiger partial charge in [-0.3, -0.25) is 0 Å². The number of aryl methyl sites for hydroxylation is 1. The molecule has 0 aliphatic heterocycles. The third-order valence-electron chi connectivity index (χ3n) is 3.16. The predicted molar refractivity (Wildman–Crippen MR) is 92.2 cm³/mol. The molecule has 0 atom stereocenters.